The molecule has 2 N–H and O–H groups in total. The average molecular weight is 363 g/mol. The van der Waals surface area contributed by atoms with Gasteiger partial charge in [0.2, 0.25) is 5.91 Å². The molecule has 8 heteroatoms. The third kappa shape index (κ3) is 5.19. The number of rotatable bonds is 8. The van der Waals surface area contributed by atoms with E-state index in [2.05, 4.69) is 34.2 Å². The quantitative estimate of drug-likeness (QED) is 0.555. The second kappa shape index (κ2) is 8.84. The summed E-state index contributed by atoms with van der Waals surface area (Å²) in [6.45, 7) is 7.94. The first kappa shape index (κ1) is 19.2. The summed E-state index contributed by atoms with van der Waals surface area (Å²) in [7, 11) is 0. The monoisotopic (exact) mass is 363 g/mol. The number of nitrogens with one attached hydrogen (secondary N) is 2. The van der Waals surface area contributed by atoms with Crippen LogP contribution in [0.25, 0.3) is 0 Å². The maximum Gasteiger partial charge on any atom is 0.251 e. The van der Waals surface area contributed by atoms with Crippen molar-refractivity contribution in [2.24, 2.45) is 0 Å². The molecule has 2 aromatic rings. The van der Waals surface area contributed by atoms with E-state index in [1.54, 1.807) is 23.9 Å². The van der Waals surface area contributed by atoms with Crippen LogP contribution in [0.2, 0.25) is 0 Å². The van der Waals surface area contributed by atoms with Gasteiger partial charge in [0.1, 0.15) is 5.82 Å². The minimum Gasteiger partial charge on any atom is -0.310 e. The molecule has 0 aliphatic carbocycles. The molecule has 0 aromatic carbocycles. The minimum atomic E-state index is -0.402. The van der Waals surface area contributed by atoms with Crippen molar-refractivity contribution in [2.45, 2.75) is 63.4 Å². The van der Waals surface area contributed by atoms with E-state index < -0.39 is 5.25 Å². The number of aromatic nitrogens is 4. The number of H-pyrrole nitrogens is 1. The number of amides is 1. The maximum absolute atomic E-state index is 12.5. The van der Waals surface area contributed by atoms with Crippen LogP contribution < -0.4 is 10.9 Å². The number of carbonyl (C=O) groups is 1. The Morgan fingerprint density at radius 1 is 1.40 bits per heavy atom. The Morgan fingerprint density at radius 3 is 2.84 bits per heavy atom. The molecule has 136 valence electrons. The lowest BCUT2D eigenvalue weighted by atomic mass is 10.2. The van der Waals surface area contributed by atoms with Crippen LogP contribution in [-0.4, -0.2) is 30.9 Å². The van der Waals surface area contributed by atoms with Crippen molar-refractivity contribution < 1.29 is 4.79 Å². The van der Waals surface area contributed by atoms with Crippen LogP contribution in [0, 0.1) is 0 Å². The smallest absolute Gasteiger partial charge is 0.251 e. The molecule has 2 atom stereocenters. The number of anilines is 1. The molecule has 25 heavy (non-hydrogen) atoms. The number of thioether (sulfide) groups is 1. The van der Waals surface area contributed by atoms with Crippen molar-refractivity contribution in [2.75, 3.05) is 5.32 Å². The summed E-state index contributed by atoms with van der Waals surface area (Å²) in [4.78, 5) is 31.3. The molecular formula is C17H25N5O2S. The van der Waals surface area contributed by atoms with Gasteiger partial charge < -0.3 is 10.3 Å². The van der Waals surface area contributed by atoms with Crippen LogP contribution in [0.4, 0.5) is 5.82 Å². The normalized spacial score (nSPS) is 13.4. The van der Waals surface area contributed by atoms with Crippen LogP contribution in [0.15, 0.2) is 28.3 Å². The summed E-state index contributed by atoms with van der Waals surface area (Å²) in [5.41, 5.74) is 0.555. The summed E-state index contributed by atoms with van der Waals surface area (Å²) in [5.74, 6) is 0.520. The number of hydrogen-bond acceptors (Lipinski definition) is 5. The molecule has 7 nitrogen and oxygen atoms in total. The van der Waals surface area contributed by atoms with Gasteiger partial charge in [0.15, 0.2) is 5.16 Å². The second-order valence-corrected chi connectivity index (χ2v) is 7.29. The van der Waals surface area contributed by atoms with Crippen LogP contribution >= 0.6 is 11.8 Å². The van der Waals surface area contributed by atoms with Crippen LogP contribution in [0.3, 0.4) is 0 Å². The van der Waals surface area contributed by atoms with Gasteiger partial charge in [-0.05, 0) is 26.7 Å². The first-order valence-corrected chi connectivity index (χ1v) is 9.43. The van der Waals surface area contributed by atoms with E-state index in [0.29, 0.717) is 11.0 Å². The van der Waals surface area contributed by atoms with Gasteiger partial charge in [0.05, 0.1) is 17.5 Å². The minimum absolute atomic E-state index is 0.154. The summed E-state index contributed by atoms with van der Waals surface area (Å²) in [6, 6.07) is 3.49. The Kier molecular flexibility index (Phi) is 6.81. The molecule has 0 fully saturated rings. The van der Waals surface area contributed by atoms with E-state index in [1.165, 1.54) is 17.8 Å². The molecule has 2 aromatic heterocycles. The highest BCUT2D eigenvalue weighted by Crippen LogP contribution is 2.22. The van der Waals surface area contributed by atoms with Gasteiger partial charge in [0.25, 0.3) is 5.56 Å². The van der Waals surface area contributed by atoms with Crippen LogP contribution in [-0.2, 0) is 11.2 Å². The molecule has 0 radical (unpaired) electrons. The van der Waals surface area contributed by atoms with Gasteiger partial charge in [-0.2, -0.15) is 5.10 Å². The zero-order chi connectivity index (χ0) is 18.4. The molecule has 2 heterocycles. The second-order valence-electron chi connectivity index (χ2n) is 5.96. The summed E-state index contributed by atoms with van der Waals surface area (Å²) in [6.07, 6.45) is 4.25. The van der Waals surface area contributed by atoms with E-state index in [1.807, 2.05) is 6.92 Å². The highest BCUT2D eigenvalue weighted by molar-refractivity contribution is 8.00. The Morgan fingerprint density at radius 2 is 2.16 bits per heavy atom. The van der Waals surface area contributed by atoms with E-state index in [4.69, 9.17) is 0 Å². The van der Waals surface area contributed by atoms with Crippen molar-refractivity contribution in [3.8, 4) is 0 Å². The molecule has 0 aliphatic heterocycles. The molecule has 0 unspecified atom stereocenters. The number of nitrogens with zero attached hydrogens (tertiary/aromatic N) is 3. The van der Waals surface area contributed by atoms with Gasteiger partial charge in [-0.1, -0.05) is 32.0 Å². The lowest BCUT2D eigenvalue weighted by Gasteiger charge is -2.16. The third-order valence-corrected chi connectivity index (χ3v) is 4.85. The standard InChI is InChI=1S/C17H25N5O2S/c1-5-7-13-10-15(23)21-17(19-13)25-12(4)16(24)20-14-8-9-18-22(14)11(3)6-2/h8-12H,5-7H2,1-4H3,(H,20,24)(H,19,21,23)/t11-,12-/m0/s1. The van der Waals surface area contributed by atoms with E-state index in [0.717, 1.165) is 25.0 Å². The highest BCUT2D eigenvalue weighted by atomic mass is 32.2. The molecule has 1 amide bonds. The Hall–Kier alpha value is -2.09. The number of carbonyl (C=O) groups excluding carboxylic acids is 1. The predicted molar refractivity (Wildman–Crippen MR) is 100 cm³/mol. The Labute approximate surface area is 151 Å². The van der Waals surface area contributed by atoms with Gasteiger partial charge in [0, 0.05) is 17.8 Å². The molecule has 0 aliphatic rings. The van der Waals surface area contributed by atoms with Gasteiger partial charge in [-0.25, -0.2) is 9.67 Å². The van der Waals surface area contributed by atoms with Crippen molar-refractivity contribution in [3.63, 3.8) is 0 Å². The molecule has 0 saturated heterocycles. The zero-order valence-electron chi connectivity index (χ0n) is 15.1. The van der Waals surface area contributed by atoms with Crippen molar-refractivity contribution in [1.29, 1.82) is 0 Å². The first-order valence-electron chi connectivity index (χ1n) is 8.55. The van der Waals surface area contributed by atoms with Crippen molar-refractivity contribution in [3.05, 3.63) is 34.4 Å². The average Bonchev–Trinajstić information content (AvgIpc) is 3.02. The lowest BCUT2D eigenvalue weighted by Crippen LogP contribution is -2.25. The molecule has 2 rings (SSSR count). The predicted octanol–water partition coefficient (Wildman–Crippen LogP) is 3.01. The molecular weight excluding hydrogens is 338 g/mol. The van der Waals surface area contributed by atoms with Crippen LogP contribution in [0.1, 0.15) is 52.3 Å². The zero-order valence-corrected chi connectivity index (χ0v) is 15.9. The number of aryl methyl sites for hydroxylation is 1. The van der Waals surface area contributed by atoms with Gasteiger partial charge in [-0.15, -0.1) is 0 Å². The summed E-state index contributed by atoms with van der Waals surface area (Å²) < 4.78 is 1.80. The highest BCUT2D eigenvalue weighted by Gasteiger charge is 2.19. The molecule has 0 spiro atoms. The van der Waals surface area contributed by atoms with E-state index in [-0.39, 0.29) is 17.5 Å². The first-order chi connectivity index (χ1) is 11.9. The summed E-state index contributed by atoms with van der Waals surface area (Å²) in [5, 5.41) is 7.23. The van der Waals surface area contributed by atoms with Gasteiger partial charge in [-0.3, -0.25) is 9.59 Å². The number of hydrogen-bond donors (Lipinski definition) is 2. The van der Waals surface area contributed by atoms with Crippen molar-refractivity contribution in [1.82, 2.24) is 19.7 Å². The van der Waals surface area contributed by atoms with Gasteiger partial charge >= 0.3 is 0 Å². The lowest BCUT2D eigenvalue weighted by molar-refractivity contribution is -0.115. The fraction of sp³-hybridized carbons (Fsp3) is 0.529. The van der Waals surface area contributed by atoms with Crippen LogP contribution in [0.5, 0.6) is 0 Å². The fourth-order valence-electron chi connectivity index (χ4n) is 2.31. The van der Waals surface area contributed by atoms with E-state index >= 15 is 0 Å². The Balaban J connectivity index is 2.06. The maximum atomic E-state index is 12.5. The number of aromatic amines is 1. The van der Waals surface area contributed by atoms with Crippen molar-refractivity contribution >= 4 is 23.5 Å². The Bertz CT molecular complexity index is 770. The summed E-state index contributed by atoms with van der Waals surface area (Å²) >= 11 is 1.24. The van der Waals surface area contributed by atoms with E-state index in [9.17, 15) is 9.59 Å². The SMILES string of the molecule is CCCc1cc(=O)[nH]c(S[C@@H](C)C(=O)Nc2ccnn2[C@@H](C)CC)n1. The third-order valence-electron chi connectivity index (χ3n) is 3.87. The molecule has 0 bridgehead atoms. The molecule has 0 saturated carbocycles. The largest absolute Gasteiger partial charge is 0.310 e. The fourth-order valence-corrected chi connectivity index (χ4v) is 3.14. The topological polar surface area (TPSA) is 92.7 Å².